The summed E-state index contributed by atoms with van der Waals surface area (Å²) in [5, 5.41) is 13.1. The maximum Gasteiger partial charge on any atom is 0.325 e. The summed E-state index contributed by atoms with van der Waals surface area (Å²) >= 11 is 1.26. The van der Waals surface area contributed by atoms with E-state index in [1.807, 2.05) is 25.1 Å². The van der Waals surface area contributed by atoms with Crippen molar-refractivity contribution in [1.29, 1.82) is 0 Å². The molecule has 0 aliphatic carbocycles. The molecule has 1 heterocycles. The Balaban J connectivity index is 2.00. The van der Waals surface area contributed by atoms with Gasteiger partial charge in [0.2, 0.25) is 5.13 Å². The van der Waals surface area contributed by atoms with Crippen molar-refractivity contribution in [3.8, 4) is 0 Å². The molecule has 2 aromatic rings. The fourth-order valence-electron chi connectivity index (χ4n) is 1.39. The second kappa shape index (κ2) is 5.56. The number of nitrogens with zero attached hydrogens (tertiary/aromatic N) is 2. The van der Waals surface area contributed by atoms with E-state index in [1.165, 1.54) is 11.3 Å². The summed E-state index contributed by atoms with van der Waals surface area (Å²) in [7, 11) is 0. The zero-order chi connectivity index (χ0) is 13.0. The Labute approximate surface area is 108 Å². The van der Waals surface area contributed by atoms with Crippen LogP contribution < -0.4 is 16.4 Å². The van der Waals surface area contributed by atoms with E-state index in [9.17, 15) is 4.79 Å². The molecule has 4 N–H and O–H groups in total. The molecule has 6 nitrogen and oxygen atoms in total. The highest BCUT2D eigenvalue weighted by Crippen LogP contribution is 2.16. The van der Waals surface area contributed by atoms with Crippen LogP contribution in [0.15, 0.2) is 29.8 Å². The average Bonchev–Trinajstić information content (AvgIpc) is 2.82. The Morgan fingerprint density at radius 1 is 1.44 bits per heavy atom. The van der Waals surface area contributed by atoms with Crippen molar-refractivity contribution in [3.63, 3.8) is 0 Å². The molecule has 18 heavy (non-hydrogen) atoms. The van der Waals surface area contributed by atoms with Crippen LogP contribution >= 0.6 is 11.3 Å². The van der Waals surface area contributed by atoms with Crippen LogP contribution in [0.1, 0.15) is 18.5 Å². The quantitative estimate of drug-likeness (QED) is 0.791. The van der Waals surface area contributed by atoms with Crippen molar-refractivity contribution in [2.75, 3.05) is 10.6 Å². The van der Waals surface area contributed by atoms with Gasteiger partial charge in [-0.25, -0.2) is 4.79 Å². The molecule has 0 spiro atoms. The third-order valence-corrected chi connectivity index (χ3v) is 2.86. The number of carbonyl (C=O) groups is 1. The number of hydrogen-bond acceptors (Lipinski definition) is 5. The van der Waals surface area contributed by atoms with E-state index in [2.05, 4.69) is 20.8 Å². The topological polar surface area (TPSA) is 92.9 Å². The first-order valence-electron chi connectivity index (χ1n) is 5.35. The summed E-state index contributed by atoms with van der Waals surface area (Å²) in [4.78, 5) is 11.6. The Hall–Kier alpha value is -1.99. The van der Waals surface area contributed by atoms with E-state index >= 15 is 0 Å². The van der Waals surface area contributed by atoms with Crippen molar-refractivity contribution in [2.24, 2.45) is 5.73 Å². The van der Waals surface area contributed by atoms with Gasteiger partial charge in [-0.15, -0.1) is 10.2 Å². The smallest absolute Gasteiger partial charge is 0.324 e. The molecular formula is C11H13N5OS. The van der Waals surface area contributed by atoms with Gasteiger partial charge in [-0.1, -0.05) is 23.5 Å². The Kier molecular flexibility index (Phi) is 3.85. The monoisotopic (exact) mass is 263 g/mol. The van der Waals surface area contributed by atoms with Gasteiger partial charge in [0.1, 0.15) is 5.51 Å². The molecule has 1 aromatic carbocycles. The molecule has 0 saturated heterocycles. The fraction of sp³-hybridized carbons (Fsp3) is 0.182. The van der Waals surface area contributed by atoms with Crippen molar-refractivity contribution in [2.45, 2.75) is 13.0 Å². The fourth-order valence-corrected chi connectivity index (χ4v) is 1.83. The van der Waals surface area contributed by atoms with Crippen molar-refractivity contribution < 1.29 is 4.79 Å². The van der Waals surface area contributed by atoms with E-state index in [-0.39, 0.29) is 12.1 Å². The number of nitrogens with one attached hydrogen (secondary N) is 2. The van der Waals surface area contributed by atoms with Crippen LogP contribution in [0.5, 0.6) is 0 Å². The molecule has 1 unspecified atom stereocenters. The summed E-state index contributed by atoms with van der Waals surface area (Å²) < 4.78 is 0. The van der Waals surface area contributed by atoms with Gasteiger partial charge in [-0.05, 0) is 24.6 Å². The highest BCUT2D eigenvalue weighted by atomic mass is 32.1. The first-order valence-corrected chi connectivity index (χ1v) is 6.23. The Morgan fingerprint density at radius 2 is 2.28 bits per heavy atom. The molecule has 7 heteroatoms. The highest BCUT2D eigenvalue weighted by Gasteiger charge is 2.06. The molecule has 1 aromatic heterocycles. The minimum Gasteiger partial charge on any atom is -0.324 e. The van der Waals surface area contributed by atoms with Gasteiger partial charge >= 0.3 is 6.03 Å². The molecule has 0 aliphatic heterocycles. The zero-order valence-electron chi connectivity index (χ0n) is 9.75. The van der Waals surface area contributed by atoms with Gasteiger partial charge in [0.05, 0.1) is 0 Å². The van der Waals surface area contributed by atoms with E-state index in [0.717, 1.165) is 5.56 Å². The van der Waals surface area contributed by atoms with E-state index < -0.39 is 0 Å². The van der Waals surface area contributed by atoms with Gasteiger partial charge in [-0.3, -0.25) is 5.32 Å². The minimum atomic E-state index is -0.353. The Bertz CT molecular complexity index is 526. The third kappa shape index (κ3) is 3.25. The standard InChI is InChI=1S/C11H13N5OS/c1-7(12)8-3-2-4-9(5-8)14-10(17)15-11-16-13-6-18-11/h2-7H,12H2,1H3,(H2,14,15,16,17). The maximum atomic E-state index is 11.6. The number of rotatable bonds is 3. The SMILES string of the molecule is CC(N)c1cccc(NC(=O)Nc2nncs2)c1. The molecule has 0 bridgehead atoms. The van der Waals surface area contributed by atoms with Crippen LogP contribution in [-0.4, -0.2) is 16.2 Å². The molecule has 0 fully saturated rings. The van der Waals surface area contributed by atoms with Gasteiger partial charge in [-0.2, -0.15) is 0 Å². The van der Waals surface area contributed by atoms with Crippen LogP contribution in [0.4, 0.5) is 15.6 Å². The number of amides is 2. The minimum absolute atomic E-state index is 0.0713. The Morgan fingerprint density at radius 3 is 2.94 bits per heavy atom. The first-order chi connectivity index (χ1) is 8.65. The summed E-state index contributed by atoms with van der Waals surface area (Å²) in [6.45, 7) is 1.89. The molecule has 0 aliphatic rings. The normalized spacial score (nSPS) is 11.9. The maximum absolute atomic E-state index is 11.6. The number of nitrogens with two attached hydrogens (primary N) is 1. The lowest BCUT2D eigenvalue weighted by Crippen LogP contribution is -2.19. The number of benzene rings is 1. The van der Waals surface area contributed by atoms with E-state index in [0.29, 0.717) is 10.8 Å². The van der Waals surface area contributed by atoms with Crippen molar-refractivity contribution in [1.82, 2.24) is 10.2 Å². The molecule has 2 amide bonds. The predicted octanol–water partition coefficient (Wildman–Crippen LogP) is 2.20. The summed E-state index contributed by atoms with van der Waals surface area (Å²) in [6, 6.07) is 6.97. The van der Waals surface area contributed by atoms with Gasteiger partial charge in [0, 0.05) is 11.7 Å². The lowest BCUT2D eigenvalue weighted by molar-refractivity contribution is 0.262. The molecular weight excluding hydrogens is 250 g/mol. The van der Waals surface area contributed by atoms with Gasteiger partial charge < -0.3 is 11.1 Å². The van der Waals surface area contributed by atoms with Crippen molar-refractivity contribution in [3.05, 3.63) is 35.3 Å². The van der Waals surface area contributed by atoms with Gasteiger partial charge in [0.15, 0.2) is 0 Å². The van der Waals surface area contributed by atoms with Crippen LogP contribution in [-0.2, 0) is 0 Å². The highest BCUT2D eigenvalue weighted by molar-refractivity contribution is 7.13. The van der Waals surface area contributed by atoms with Crippen LogP contribution in [0.3, 0.4) is 0 Å². The number of urea groups is 1. The summed E-state index contributed by atoms with van der Waals surface area (Å²) in [6.07, 6.45) is 0. The predicted molar refractivity (Wildman–Crippen MR) is 71.6 cm³/mol. The number of hydrogen-bond donors (Lipinski definition) is 3. The third-order valence-electron chi connectivity index (χ3n) is 2.25. The van der Waals surface area contributed by atoms with Crippen LogP contribution in [0.2, 0.25) is 0 Å². The van der Waals surface area contributed by atoms with E-state index in [4.69, 9.17) is 5.73 Å². The molecule has 0 saturated carbocycles. The van der Waals surface area contributed by atoms with E-state index in [1.54, 1.807) is 11.6 Å². The number of aromatic nitrogens is 2. The lowest BCUT2D eigenvalue weighted by Gasteiger charge is -2.09. The number of anilines is 2. The molecule has 1 atom stereocenters. The lowest BCUT2D eigenvalue weighted by atomic mass is 10.1. The zero-order valence-corrected chi connectivity index (χ0v) is 10.6. The van der Waals surface area contributed by atoms with Crippen molar-refractivity contribution >= 4 is 28.2 Å². The average molecular weight is 263 g/mol. The second-order valence-electron chi connectivity index (χ2n) is 3.74. The first kappa shape index (κ1) is 12.5. The molecule has 94 valence electrons. The van der Waals surface area contributed by atoms with Crippen LogP contribution in [0.25, 0.3) is 0 Å². The second-order valence-corrected chi connectivity index (χ2v) is 4.57. The summed E-state index contributed by atoms with van der Waals surface area (Å²) in [5.41, 5.74) is 8.97. The van der Waals surface area contributed by atoms with Gasteiger partial charge in [0.25, 0.3) is 0 Å². The largest absolute Gasteiger partial charge is 0.325 e. The summed E-state index contributed by atoms with van der Waals surface area (Å²) in [5.74, 6) is 0. The molecule has 2 rings (SSSR count). The molecule has 0 radical (unpaired) electrons. The van der Waals surface area contributed by atoms with Crippen LogP contribution in [0, 0.1) is 0 Å². The number of carbonyl (C=O) groups excluding carboxylic acids is 1.